The van der Waals surface area contributed by atoms with E-state index in [0.29, 0.717) is 18.0 Å². The van der Waals surface area contributed by atoms with Crippen LogP contribution in [0.1, 0.15) is 36.2 Å². The van der Waals surface area contributed by atoms with Crippen LogP contribution in [0, 0.1) is 5.92 Å². The van der Waals surface area contributed by atoms with E-state index in [9.17, 15) is 13.2 Å². The largest absolute Gasteiger partial charge is 0.478 e. The predicted molar refractivity (Wildman–Crippen MR) is 76.0 cm³/mol. The highest BCUT2D eigenvalue weighted by Gasteiger charge is 2.34. The van der Waals surface area contributed by atoms with Gasteiger partial charge in [-0.3, -0.25) is 0 Å². The summed E-state index contributed by atoms with van der Waals surface area (Å²) in [6, 6.07) is 6.11. The van der Waals surface area contributed by atoms with Crippen LogP contribution >= 0.6 is 0 Å². The van der Waals surface area contributed by atoms with Gasteiger partial charge in [0.05, 0.1) is 11.3 Å². The summed E-state index contributed by atoms with van der Waals surface area (Å²) in [6.07, 6.45) is 0.869. The van der Waals surface area contributed by atoms with Gasteiger partial charge in [0.25, 0.3) is 0 Å². The zero-order chi connectivity index (χ0) is 14.9. The Labute approximate surface area is 119 Å². The minimum atomic E-state index is -3.40. The highest BCUT2D eigenvalue weighted by molar-refractivity contribution is 7.88. The molecule has 0 aliphatic carbocycles. The topological polar surface area (TPSA) is 74.7 Å². The average Bonchev–Trinajstić information content (AvgIpc) is 2.69. The molecule has 1 fully saturated rings. The Morgan fingerprint density at radius 3 is 2.65 bits per heavy atom. The van der Waals surface area contributed by atoms with Crippen molar-refractivity contribution in [1.29, 1.82) is 0 Å². The molecular weight excluding hydrogens is 278 g/mol. The standard InChI is InChI=1S/C14H19NO4S/c1-10-6-11(2)15(8-10)20(18,19)9-12-4-3-5-13(7-12)14(16)17/h3-5,7,10-11H,6,8-9H2,1-2H3,(H,16,17). The fraction of sp³-hybridized carbons (Fsp3) is 0.500. The van der Waals surface area contributed by atoms with E-state index in [-0.39, 0.29) is 17.4 Å². The molecule has 0 amide bonds. The fourth-order valence-electron chi connectivity index (χ4n) is 2.74. The van der Waals surface area contributed by atoms with Gasteiger partial charge in [0, 0.05) is 12.6 Å². The number of carbonyl (C=O) groups is 1. The highest BCUT2D eigenvalue weighted by Crippen LogP contribution is 2.27. The number of hydrogen-bond acceptors (Lipinski definition) is 3. The smallest absolute Gasteiger partial charge is 0.335 e. The van der Waals surface area contributed by atoms with Crippen LogP contribution in [-0.2, 0) is 15.8 Å². The second-order valence-corrected chi connectivity index (χ2v) is 7.44. The third-order valence-electron chi connectivity index (χ3n) is 3.61. The van der Waals surface area contributed by atoms with E-state index in [1.165, 1.54) is 16.4 Å². The Balaban J connectivity index is 2.20. The first kappa shape index (κ1) is 15.0. The van der Waals surface area contributed by atoms with Crippen molar-refractivity contribution in [2.45, 2.75) is 32.1 Å². The molecule has 1 aromatic carbocycles. The Kier molecular flexibility index (Phi) is 4.15. The summed E-state index contributed by atoms with van der Waals surface area (Å²) in [7, 11) is -3.40. The minimum absolute atomic E-state index is 0.0117. The molecule has 0 bridgehead atoms. The first-order valence-electron chi connectivity index (χ1n) is 6.61. The molecule has 2 atom stereocenters. The predicted octanol–water partition coefficient (Wildman–Crippen LogP) is 1.94. The van der Waals surface area contributed by atoms with Crippen LogP contribution in [-0.4, -0.2) is 36.4 Å². The van der Waals surface area contributed by atoms with Gasteiger partial charge >= 0.3 is 5.97 Å². The lowest BCUT2D eigenvalue weighted by Gasteiger charge is -2.21. The van der Waals surface area contributed by atoms with Crippen molar-refractivity contribution in [3.05, 3.63) is 35.4 Å². The van der Waals surface area contributed by atoms with E-state index >= 15 is 0 Å². The van der Waals surface area contributed by atoms with Crippen molar-refractivity contribution in [2.75, 3.05) is 6.54 Å². The number of sulfonamides is 1. The van der Waals surface area contributed by atoms with E-state index in [2.05, 4.69) is 0 Å². The highest BCUT2D eigenvalue weighted by atomic mass is 32.2. The summed E-state index contributed by atoms with van der Waals surface area (Å²) in [5.74, 6) is -0.830. The number of benzene rings is 1. The molecular formula is C14H19NO4S. The number of aromatic carboxylic acids is 1. The van der Waals surface area contributed by atoms with E-state index in [1.54, 1.807) is 12.1 Å². The molecule has 0 radical (unpaired) electrons. The molecule has 1 saturated heterocycles. The van der Waals surface area contributed by atoms with Gasteiger partial charge < -0.3 is 5.11 Å². The lowest BCUT2D eigenvalue weighted by Crippen LogP contribution is -2.34. The molecule has 2 unspecified atom stereocenters. The molecule has 0 spiro atoms. The van der Waals surface area contributed by atoms with E-state index in [4.69, 9.17) is 5.11 Å². The molecule has 1 aromatic rings. The van der Waals surface area contributed by atoms with Gasteiger partial charge in [-0.05, 0) is 37.0 Å². The molecule has 0 aromatic heterocycles. The maximum Gasteiger partial charge on any atom is 0.335 e. The van der Waals surface area contributed by atoms with Crippen LogP contribution in [0.4, 0.5) is 0 Å². The molecule has 6 heteroatoms. The molecule has 5 nitrogen and oxygen atoms in total. The van der Waals surface area contributed by atoms with Crippen LogP contribution in [0.5, 0.6) is 0 Å². The molecule has 0 saturated carbocycles. The number of carboxylic acids is 1. The quantitative estimate of drug-likeness (QED) is 0.921. The Morgan fingerprint density at radius 2 is 2.10 bits per heavy atom. The number of hydrogen-bond donors (Lipinski definition) is 1. The minimum Gasteiger partial charge on any atom is -0.478 e. The van der Waals surface area contributed by atoms with Gasteiger partial charge in [-0.15, -0.1) is 0 Å². The van der Waals surface area contributed by atoms with Crippen molar-refractivity contribution < 1.29 is 18.3 Å². The summed E-state index contributed by atoms with van der Waals surface area (Å²) in [4.78, 5) is 10.9. The number of carboxylic acid groups (broad SMARTS) is 1. The van der Waals surface area contributed by atoms with E-state index < -0.39 is 16.0 Å². The fourth-order valence-corrected chi connectivity index (χ4v) is 4.62. The van der Waals surface area contributed by atoms with E-state index in [1.807, 2.05) is 13.8 Å². The van der Waals surface area contributed by atoms with Crippen LogP contribution in [0.3, 0.4) is 0 Å². The molecule has 2 rings (SSSR count). The zero-order valence-corrected chi connectivity index (χ0v) is 12.4. The van der Waals surface area contributed by atoms with Crippen molar-refractivity contribution in [3.8, 4) is 0 Å². The van der Waals surface area contributed by atoms with Crippen molar-refractivity contribution >= 4 is 16.0 Å². The first-order chi connectivity index (χ1) is 9.29. The van der Waals surface area contributed by atoms with Gasteiger partial charge in [0.1, 0.15) is 0 Å². The van der Waals surface area contributed by atoms with Gasteiger partial charge in [-0.1, -0.05) is 19.1 Å². The monoisotopic (exact) mass is 297 g/mol. The summed E-state index contributed by atoms with van der Waals surface area (Å²) in [5.41, 5.74) is 0.622. The second-order valence-electron chi connectivity index (χ2n) is 5.52. The summed E-state index contributed by atoms with van der Waals surface area (Å²) in [5, 5.41) is 8.94. The molecule has 1 N–H and O–H groups in total. The molecule has 110 valence electrons. The summed E-state index contributed by atoms with van der Waals surface area (Å²) >= 11 is 0. The van der Waals surface area contributed by atoms with Crippen molar-refractivity contribution in [1.82, 2.24) is 4.31 Å². The zero-order valence-electron chi connectivity index (χ0n) is 11.6. The third-order valence-corrected chi connectivity index (χ3v) is 5.53. The maximum absolute atomic E-state index is 12.4. The van der Waals surface area contributed by atoms with Crippen LogP contribution in [0.25, 0.3) is 0 Å². The second kappa shape index (κ2) is 5.54. The van der Waals surface area contributed by atoms with Crippen molar-refractivity contribution in [2.24, 2.45) is 5.92 Å². The van der Waals surface area contributed by atoms with Crippen molar-refractivity contribution in [3.63, 3.8) is 0 Å². The molecule has 1 aliphatic heterocycles. The normalized spacial score (nSPS) is 23.9. The molecule has 20 heavy (non-hydrogen) atoms. The van der Waals surface area contributed by atoms with Gasteiger partial charge in [0.2, 0.25) is 10.0 Å². The Morgan fingerprint density at radius 1 is 1.40 bits per heavy atom. The molecule has 1 aliphatic rings. The van der Waals surface area contributed by atoms with E-state index in [0.717, 1.165) is 6.42 Å². The first-order valence-corrected chi connectivity index (χ1v) is 8.22. The average molecular weight is 297 g/mol. The Bertz CT molecular complexity index is 611. The van der Waals surface area contributed by atoms with Crippen LogP contribution in [0.15, 0.2) is 24.3 Å². The summed E-state index contributed by atoms with van der Waals surface area (Å²) < 4.78 is 26.4. The molecule has 1 heterocycles. The maximum atomic E-state index is 12.4. The third kappa shape index (κ3) is 3.19. The lowest BCUT2D eigenvalue weighted by molar-refractivity contribution is 0.0696. The van der Waals surface area contributed by atoms with Crippen LogP contribution in [0.2, 0.25) is 0 Å². The van der Waals surface area contributed by atoms with Crippen LogP contribution < -0.4 is 0 Å². The SMILES string of the molecule is CC1CC(C)N(S(=O)(=O)Cc2cccc(C(=O)O)c2)C1. The number of nitrogens with zero attached hydrogens (tertiary/aromatic N) is 1. The summed E-state index contributed by atoms with van der Waals surface area (Å²) in [6.45, 7) is 4.49. The lowest BCUT2D eigenvalue weighted by atomic mass is 10.1. The van der Waals surface area contributed by atoms with Gasteiger partial charge in [-0.2, -0.15) is 4.31 Å². The Hall–Kier alpha value is -1.40. The van der Waals surface area contributed by atoms with Gasteiger partial charge in [0.15, 0.2) is 0 Å². The number of rotatable bonds is 4. The van der Waals surface area contributed by atoms with Gasteiger partial charge in [-0.25, -0.2) is 13.2 Å².